The first-order valence-corrected chi connectivity index (χ1v) is 12.1. The summed E-state index contributed by atoms with van der Waals surface area (Å²) in [7, 11) is 1.92. The van der Waals surface area contributed by atoms with Crippen LogP contribution < -0.4 is 5.32 Å². The van der Waals surface area contributed by atoms with Crippen molar-refractivity contribution in [3.8, 4) is 0 Å². The Labute approximate surface area is 186 Å². The van der Waals surface area contributed by atoms with Gasteiger partial charge in [-0.25, -0.2) is 0 Å². The highest BCUT2D eigenvalue weighted by Gasteiger charge is 2.29. The first-order valence-electron chi connectivity index (χ1n) is 12.1. The summed E-state index contributed by atoms with van der Waals surface area (Å²) in [6, 6.07) is 12.4. The number of nitrogens with zero attached hydrogens (tertiary/aromatic N) is 2. The molecule has 1 saturated carbocycles. The van der Waals surface area contributed by atoms with E-state index >= 15 is 0 Å². The van der Waals surface area contributed by atoms with E-state index in [0.717, 1.165) is 49.7 Å². The molecule has 1 amide bonds. The second-order valence-corrected chi connectivity index (χ2v) is 9.65. The molecule has 1 aromatic heterocycles. The standard InChI is InChI=1S/C26H37N3O2/c1-29(19-21-10-6-3-7-11-21)26(30)16-22-12-13-27-18-23(22)15-24-17-25(31-28-24)14-20-8-4-2-5-9-20/h3,6-7,10-11,17,20,22-23,27H,2,4-5,8-9,12-16,18-19H2,1H3/t22-,23-/m0/s1. The minimum atomic E-state index is 0.235. The summed E-state index contributed by atoms with van der Waals surface area (Å²) < 4.78 is 5.68. The number of piperidine rings is 1. The quantitative estimate of drug-likeness (QED) is 0.673. The van der Waals surface area contributed by atoms with E-state index in [4.69, 9.17) is 4.52 Å². The lowest BCUT2D eigenvalue weighted by molar-refractivity contribution is -0.132. The monoisotopic (exact) mass is 423 g/mol. The lowest BCUT2D eigenvalue weighted by atomic mass is 9.81. The Morgan fingerprint density at radius 3 is 2.71 bits per heavy atom. The molecule has 1 saturated heterocycles. The number of amides is 1. The van der Waals surface area contributed by atoms with Crippen molar-refractivity contribution in [1.82, 2.24) is 15.4 Å². The molecule has 1 N–H and O–H groups in total. The van der Waals surface area contributed by atoms with Crippen LogP contribution in [0, 0.1) is 17.8 Å². The molecule has 4 rings (SSSR count). The number of benzene rings is 1. The maximum absolute atomic E-state index is 12.9. The van der Waals surface area contributed by atoms with Gasteiger partial charge >= 0.3 is 0 Å². The van der Waals surface area contributed by atoms with Crippen molar-refractivity contribution in [1.29, 1.82) is 0 Å². The van der Waals surface area contributed by atoms with E-state index < -0.39 is 0 Å². The first-order chi connectivity index (χ1) is 15.2. The summed E-state index contributed by atoms with van der Waals surface area (Å²) in [5.41, 5.74) is 2.22. The Bertz CT molecular complexity index is 813. The second-order valence-electron chi connectivity index (χ2n) is 9.65. The molecule has 1 aliphatic heterocycles. The molecule has 0 spiro atoms. The largest absolute Gasteiger partial charge is 0.361 e. The zero-order valence-electron chi connectivity index (χ0n) is 18.9. The van der Waals surface area contributed by atoms with Crippen LogP contribution in [0.4, 0.5) is 0 Å². The molecule has 2 atom stereocenters. The van der Waals surface area contributed by atoms with Gasteiger partial charge in [0.25, 0.3) is 0 Å². The average Bonchev–Trinajstić information content (AvgIpc) is 3.23. The number of hydrogen-bond acceptors (Lipinski definition) is 4. The van der Waals surface area contributed by atoms with Gasteiger partial charge in [0.2, 0.25) is 5.91 Å². The molecule has 1 aliphatic carbocycles. The molecule has 5 nitrogen and oxygen atoms in total. The van der Waals surface area contributed by atoms with Gasteiger partial charge in [-0.15, -0.1) is 0 Å². The zero-order valence-corrected chi connectivity index (χ0v) is 18.9. The van der Waals surface area contributed by atoms with Gasteiger partial charge < -0.3 is 14.7 Å². The van der Waals surface area contributed by atoms with Crippen LogP contribution in [0.2, 0.25) is 0 Å². The van der Waals surface area contributed by atoms with E-state index in [9.17, 15) is 4.79 Å². The fourth-order valence-corrected chi connectivity index (χ4v) is 5.30. The summed E-state index contributed by atoms with van der Waals surface area (Å²) in [6.07, 6.45) is 10.3. The maximum Gasteiger partial charge on any atom is 0.222 e. The third-order valence-corrected chi connectivity index (χ3v) is 7.18. The minimum Gasteiger partial charge on any atom is -0.361 e. The van der Waals surface area contributed by atoms with Crippen LogP contribution in [0.1, 0.15) is 62.0 Å². The minimum absolute atomic E-state index is 0.235. The summed E-state index contributed by atoms with van der Waals surface area (Å²) >= 11 is 0. The zero-order chi connectivity index (χ0) is 21.5. The number of carbonyl (C=O) groups excluding carboxylic acids is 1. The molecule has 2 heterocycles. The normalized spacial score (nSPS) is 22.4. The van der Waals surface area contributed by atoms with E-state index in [1.807, 2.05) is 30.1 Å². The van der Waals surface area contributed by atoms with Crippen molar-refractivity contribution in [3.63, 3.8) is 0 Å². The highest BCUT2D eigenvalue weighted by atomic mass is 16.5. The van der Waals surface area contributed by atoms with Gasteiger partial charge in [-0.3, -0.25) is 4.79 Å². The summed E-state index contributed by atoms with van der Waals surface area (Å²) in [6.45, 7) is 2.61. The molecule has 1 aromatic carbocycles. The predicted molar refractivity (Wildman–Crippen MR) is 122 cm³/mol. The average molecular weight is 424 g/mol. The molecule has 0 radical (unpaired) electrons. The van der Waals surface area contributed by atoms with Gasteiger partial charge in [0.1, 0.15) is 5.76 Å². The molecule has 0 bridgehead atoms. The Hall–Kier alpha value is -2.14. The lowest BCUT2D eigenvalue weighted by Gasteiger charge is -2.32. The maximum atomic E-state index is 12.9. The SMILES string of the molecule is CN(Cc1ccccc1)C(=O)C[C@@H]1CCNC[C@@H]1Cc1cc(CC2CCCCC2)on1. The fraction of sp³-hybridized carbons (Fsp3) is 0.615. The van der Waals surface area contributed by atoms with Crippen LogP contribution in [0.5, 0.6) is 0 Å². The van der Waals surface area contributed by atoms with Crippen LogP contribution in [0.15, 0.2) is 40.9 Å². The van der Waals surface area contributed by atoms with Crippen LogP contribution in [-0.4, -0.2) is 36.1 Å². The second kappa shape index (κ2) is 10.9. The predicted octanol–water partition coefficient (Wildman–Crippen LogP) is 4.61. The van der Waals surface area contributed by atoms with Crippen molar-refractivity contribution < 1.29 is 9.32 Å². The molecular formula is C26H37N3O2. The Balaban J connectivity index is 1.30. The Morgan fingerprint density at radius 1 is 1.10 bits per heavy atom. The number of hydrogen-bond donors (Lipinski definition) is 1. The first kappa shape index (κ1) is 22.1. The fourth-order valence-electron chi connectivity index (χ4n) is 5.30. The third kappa shape index (κ3) is 6.42. The molecule has 2 fully saturated rings. The van der Waals surface area contributed by atoms with Crippen molar-refractivity contribution in [2.75, 3.05) is 20.1 Å². The summed E-state index contributed by atoms with van der Waals surface area (Å²) in [5.74, 6) is 2.86. The summed E-state index contributed by atoms with van der Waals surface area (Å²) in [4.78, 5) is 14.8. The Morgan fingerprint density at radius 2 is 1.90 bits per heavy atom. The highest BCUT2D eigenvalue weighted by molar-refractivity contribution is 5.76. The number of nitrogens with one attached hydrogen (secondary N) is 1. The van der Waals surface area contributed by atoms with Crippen molar-refractivity contribution >= 4 is 5.91 Å². The van der Waals surface area contributed by atoms with Gasteiger partial charge in [0.15, 0.2) is 0 Å². The van der Waals surface area contributed by atoms with Gasteiger partial charge in [0.05, 0.1) is 5.69 Å². The van der Waals surface area contributed by atoms with Crippen LogP contribution in [-0.2, 0) is 24.2 Å². The summed E-state index contributed by atoms with van der Waals surface area (Å²) in [5, 5.41) is 7.90. The van der Waals surface area contributed by atoms with E-state index in [-0.39, 0.29) is 5.91 Å². The van der Waals surface area contributed by atoms with Gasteiger partial charge in [-0.1, -0.05) is 67.6 Å². The van der Waals surface area contributed by atoms with Gasteiger partial charge in [-0.05, 0) is 49.2 Å². The number of carbonyl (C=O) groups is 1. The van der Waals surface area contributed by atoms with Crippen LogP contribution >= 0.6 is 0 Å². The topological polar surface area (TPSA) is 58.4 Å². The van der Waals surface area contributed by atoms with Crippen LogP contribution in [0.25, 0.3) is 0 Å². The van der Waals surface area contributed by atoms with E-state index in [1.54, 1.807) is 0 Å². The van der Waals surface area contributed by atoms with Crippen molar-refractivity contribution in [2.24, 2.45) is 17.8 Å². The molecule has 168 valence electrons. The van der Waals surface area contributed by atoms with Crippen molar-refractivity contribution in [3.05, 3.63) is 53.4 Å². The number of rotatable bonds is 8. The molecule has 2 aromatic rings. The Kier molecular flexibility index (Phi) is 7.79. The van der Waals surface area contributed by atoms with Crippen LogP contribution in [0.3, 0.4) is 0 Å². The van der Waals surface area contributed by atoms with E-state index in [0.29, 0.717) is 24.8 Å². The molecule has 0 unspecified atom stereocenters. The van der Waals surface area contributed by atoms with Gasteiger partial charge in [-0.2, -0.15) is 0 Å². The number of aromatic nitrogens is 1. The molecule has 2 aliphatic rings. The van der Waals surface area contributed by atoms with E-state index in [1.165, 1.54) is 37.7 Å². The molecule has 5 heteroatoms. The third-order valence-electron chi connectivity index (χ3n) is 7.18. The molecular weight excluding hydrogens is 386 g/mol. The molecule has 31 heavy (non-hydrogen) atoms. The smallest absolute Gasteiger partial charge is 0.222 e. The highest BCUT2D eigenvalue weighted by Crippen LogP contribution is 2.29. The lowest BCUT2D eigenvalue weighted by Crippen LogP contribution is -2.40. The van der Waals surface area contributed by atoms with Gasteiger partial charge in [0, 0.05) is 32.5 Å². The van der Waals surface area contributed by atoms with E-state index in [2.05, 4.69) is 28.7 Å². The van der Waals surface area contributed by atoms with Crippen molar-refractivity contribution in [2.45, 2.75) is 64.3 Å².